The van der Waals surface area contributed by atoms with E-state index in [2.05, 4.69) is 12.2 Å². The van der Waals surface area contributed by atoms with Crippen LogP contribution in [-0.4, -0.2) is 25.3 Å². The lowest BCUT2D eigenvalue weighted by Gasteiger charge is -2.46. The van der Waals surface area contributed by atoms with Gasteiger partial charge >= 0.3 is 0 Å². The summed E-state index contributed by atoms with van der Waals surface area (Å²) in [5, 5.41) is 3.56. The van der Waals surface area contributed by atoms with Crippen LogP contribution in [0.5, 0.6) is 0 Å². The largest absolute Gasteiger partial charge is 0.377 e. The Morgan fingerprint density at radius 3 is 2.33 bits per heavy atom. The number of ether oxygens (including phenoxy) is 1. The normalized spacial score (nSPS) is 31.8. The third-order valence-corrected chi connectivity index (χ3v) is 2.70. The molecule has 2 rings (SSSR count). The van der Waals surface area contributed by atoms with E-state index in [0.29, 0.717) is 5.54 Å². The molecule has 1 N–H and O–H groups in total. The van der Waals surface area contributed by atoms with Crippen LogP contribution in [0.3, 0.4) is 0 Å². The summed E-state index contributed by atoms with van der Waals surface area (Å²) >= 11 is 0. The summed E-state index contributed by atoms with van der Waals surface area (Å²) in [6.07, 6.45) is 2.69. The lowest BCUT2D eigenvalue weighted by atomic mass is 9.83. The maximum atomic E-state index is 5.19. The van der Waals surface area contributed by atoms with Crippen LogP contribution >= 0.6 is 0 Å². The van der Waals surface area contributed by atoms with Crippen LogP contribution in [0.4, 0.5) is 0 Å². The highest BCUT2D eigenvalue weighted by atomic mass is 16.5. The lowest BCUT2D eigenvalue weighted by molar-refractivity contribution is -0.0906. The molecule has 2 heteroatoms. The predicted octanol–water partition coefficient (Wildman–Crippen LogP) is 1.80. The molecule has 0 saturated carbocycles. The Kier molecular flexibility index (Phi) is 3.53. The molecule has 0 aromatic heterocycles. The summed E-state index contributed by atoms with van der Waals surface area (Å²) in [6.45, 7) is 9.38. The molecule has 2 aliphatic rings. The molecule has 12 heavy (non-hydrogen) atoms. The first-order valence-corrected chi connectivity index (χ1v) is 5.14. The molecule has 1 unspecified atom stereocenters. The van der Waals surface area contributed by atoms with Gasteiger partial charge in [0.05, 0.1) is 18.8 Å². The molecule has 0 aliphatic carbocycles. The van der Waals surface area contributed by atoms with Crippen LogP contribution in [0.15, 0.2) is 0 Å². The summed E-state index contributed by atoms with van der Waals surface area (Å²) in [5.74, 6) is 0.867. The van der Waals surface area contributed by atoms with Gasteiger partial charge in [-0.15, -0.1) is 0 Å². The topological polar surface area (TPSA) is 21.3 Å². The first-order valence-electron chi connectivity index (χ1n) is 5.14. The molecule has 2 aliphatic heterocycles. The van der Waals surface area contributed by atoms with Crippen LogP contribution in [0, 0.1) is 5.92 Å². The molecule has 1 spiro atoms. The Bertz CT molecular complexity index is 122. The van der Waals surface area contributed by atoms with Crippen LogP contribution in [0.25, 0.3) is 0 Å². The van der Waals surface area contributed by atoms with Gasteiger partial charge in [0.2, 0.25) is 0 Å². The molecule has 0 radical (unpaired) electrons. The molecule has 0 amide bonds. The Hall–Kier alpha value is -0.0800. The van der Waals surface area contributed by atoms with Crippen LogP contribution in [-0.2, 0) is 4.74 Å². The molecule has 0 bridgehead atoms. The minimum absolute atomic E-state index is 0.409. The molecule has 0 aromatic carbocycles. The van der Waals surface area contributed by atoms with Gasteiger partial charge in [-0.05, 0) is 25.3 Å². The fourth-order valence-electron chi connectivity index (χ4n) is 1.70. The highest BCUT2D eigenvalue weighted by Crippen LogP contribution is 2.28. The molecule has 2 fully saturated rings. The quantitative estimate of drug-likeness (QED) is 0.600. The van der Waals surface area contributed by atoms with Crippen LogP contribution in [0.1, 0.15) is 33.6 Å². The van der Waals surface area contributed by atoms with Gasteiger partial charge in [0.25, 0.3) is 0 Å². The predicted molar refractivity (Wildman–Crippen MR) is 51.3 cm³/mol. The summed E-state index contributed by atoms with van der Waals surface area (Å²) in [4.78, 5) is 0. The molecular weight excluding hydrogens is 150 g/mol. The van der Waals surface area contributed by atoms with Gasteiger partial charge in [-0.2, -0.15) is 0 Å². The minimum Gasteiger partial charge on any atom is -0.377 e. The summed E-state index contributed by atoms with van der Waals surface area (Å²) in [5.41, 5.74) is 0.409. The van der Waals surface area contributed by atoms with Crippen molar-refractivity contribution < 1.29 is 4.74 Å². The molecule has 2 heterocycles. The van der Waals surface area contributed by atoms with E-state index in [-0.39, 0.29) is 0 Å². The van der Waals surface area contributed by atoms with Gasteiger partial charge < -0.3 is 10.1 Å². The first kappa shape index (κ1) is 10.0. The van der Waals surface area contributed by atoms with E-state index in [9.17, 15) is 0 Å². The van der Waals surface area contributed by atoms with E-state index in [1.54, 1.807) is 0 Å². The van der Waals surface area contributed by atoms with E-state index in [1.807, 2.05) is 13.8 Å². The standard InChI is InChI=1S/C8H15NO.C2H6/c1-7-2-3-8(9-4-7)5-10-6-8;1-2/h7,9H,2-6H2,1H3;1-2H3. The van der Waals surface area contributed by atoms with Gasteiger partial charge in [0.1, 0.15) is 0 Å². The number of nitrogens with one attached hydrogen (secondary N) is 1. The van der Waals surface area contributed by atoms with E-state index >= 15 is 0 Å². The highest BCUT2D eigenvalue weighted by Gasteiger charge is 2.40. The fourth-order valence-corrected chi connectivity index (χ4v) is 1.70. The van der Waals surface area contributed by atoms with Crippen LogP contribution in [0.2, 0.25) is 0 Å². The van der Waals surface area contributed by atoms with Crippen molar-refractivity contribution in [2.75, 3.05) is 19.8 Å². The van der Waals surface area contributed by atoms with E-state index in [0.717, 1.165) is 19.1 Å². The maximum absolute atomic E-state index is 5.19. The van der Waals surface area contributed by atoms with E-state index < -0.39 is 0 Å². The average Bonchev–Trinajstić information content (AvgIpc) is 2.07. The Balaban J connectivity index is 0.000000336. The fraction of sp³-hybridized carbons (Fsp3) is 1.00. The van der Waals surface area contributed by atoms with E-state index in [1.165, 1.54) is 19.4 Å². The highest BCUT2D eigenvalue weighted by molar-refractivity contribution is 4.97. The molecule has 2 saturated heterocycles. The van der Waals surface area contributed by atoms with E-state index in [4.69, 9.17) is 4.74 Å². The van der Waals surface area contributed by atoms with Crippen molar-refractivity contribution in [3.63, 3.8) is 0 Å². The van der Waals surface area contributed by atoms with Crippen molar-refractivity contribution in [3.8, 4) is 0 Å². The zero-order valence-electron chi connectivity index (χ0n) is 8.52. The van der Waals surface area contributed by atoms with Crippen molar-refractivity contribution in [3.05, 3.63) is 0 Å². The first-order chi connectivity index (χ1) is 5.81. The Labute approximate surface area is 75.7 Å². The Morgan fingerprint density at radius 1 is 1.33 bits per heavy atom. The molecule has 0 aromatic rings. The van der Waals surface area contributed by atoms with Gasteiger partial charge in [-0.25, -0.2) is 0 Å². The molecule has 2 nitrogen and oxygen atoms in total. The molecule has 72 valence electrons. The van der Waals surface area contributed by atoms with Gasteiger partial charge in [-0.3, -0.25) is 0 Å². The van der Waals surface area contributed by atoms with Gasteiger partial charge in [0.15, 0.2) is 0 Å². The third-order valence-electron chi connectivity index (χ3n) is 2.70. The SMILES string of the molecule is CC.CC1CCC2(COC2)NC1. The van der Waals surface area contributed by atoms with Gasteiger partial charge in [-0.1, -0.05) is 20.8 Å². The second-order valence-corrected chi connectivity index (χ2v) is 3.80. The monoisotopic (exact) mass is 171 g/mol. The third kappa shape index (κ3) is 1.99. The van der Waals surface area contributed by atoms with Crippen molar-refractivity contribution in [1.29, 1.82) is 0 Å². The second-order valence-electron chi connectivity index (χ2n) is 3.80. The summed E-state index contributed by atoms with van der Waals surface area (Å²) in [7, 11) is 0. The number of rotatable bonds is 0. The summed E-state index contributed by atoms with van der Waals surface area (Å²) in [6, 6.07) is 0. The number of hydrogen-bond donors (Lipinski definition) is 1. The molecular formula is C10H21NO. The Morgan fingerprint density at radius 2 is 2.00 bits per heavy atom. The zero-order chi connectivity index (χ0) is 9.03. The minimum atomic E-state index is 0.409. The van der Waals surface area contributed by atoms with Crippen LogP contribution < -0.4 is 5.32 Å². The van der Waals surface area contributed by atoms with Gasteiger partial charge in [0, 0.05) is 0 Å². The lowest BCUT2D eigenvalue weighted by Crippen LogP contribution is -2.63. The summed E-state index contributed by atoms with van der Waals surface area (Å²) < 4.78 is 5.19. The smallest absolute Gasteiger partial charge is 0.0671 e. The van der Waals surface area contributed by atoms with Crippen molar-refractivity contribution in [1.82, 2.24) is 5.32 Å². The van der Waals surface area contributed by atoms with Crippen molar-refractivity contribution in [2.45, 2.75) is 39.2 Å². The van der Waals surface area contributed by atoms with Crippen molar-refractivity contribution >= 4 is 0 Å². The maximum Gasteiger partial charge on any atom is 0.0671 e. The zero-order valence-corrected chi connectivity index (χ0v) is 8.52. The number of piperidine rings is 1. The average molecular weight is 171 g/mol. The molecule has 1 atom stereocenters. The van der Waals surface area contributed by atoms with Crippen molar-refractivity contribution in [2.24, 2.45) is 5.92 Å². The second kappa shape index (κ2) is 4.24. The number of hydrogen-bond acceptors (Lipinski definition) is 2.